The van der Waals surface area contributed by atoms with Gasteiger partial charge in [0, 0.05) is 51.5 Å². The third-order valence-corrected chi connectivity index (χ3v) is 3.82. The molecule has 2 aliphatic heterocycles. The predicted octanol–water partition coefficient (Wildman–Crippen LogP) is 0.0471. The molecule has 0 unspecified atom stereocenters. The highest BCUT2D eigenvalue weighted by atomic mass is 15.3. The maximum Gasteiger partial charge on any atom is 0.163 e. The number of rotatable bonds is 2. The molecule has 2 aliphatic rings. The van der Waals surface area contributed by atoms with Crippen LogP contribution in [0.15, 0.2) is 18.3 Å². The third-order valence-electron chi connectivity index (χ3n) is 3.82. The Morgan fingerprint density at radius 1 is 1.28 bits per heavy atom. The molecule has 2 fully saturated rings. The van der Waals surface area contributed by atoms with Crippen LogP contribution < -0.4 is 10.2 Å². The first-order chi connectivity index (χ1) is 8.88. The average Bonchev–Trinajstić information content (AvgIpc) is 2.38. The van der Waals surface area contributed by atoms with Gasteiger partial charge in [-0.3, -0.25) is 4.90 Å². The molecule has 1 aromatic heterocycles. The first-order valence-corrected chi connectivity index (χ1v) is 6.43. The number of nitrogens with zero attached hydrogens (tertiary/aromatic N) is 4. The van der Waals surface area contributed by atoms with E-state index < -0.39 is 0 Å². The molecule has 1 N–H and O–H groups in total. The van der Waals surface area contributed by atoms with E-state index in [1.165, 1.54) is 0 Å². The Balaban J connectivity index is 1.67. The number of hydrogen-bond acceptors (Lipinski definition) is 5. The van der Waals surface area contributed by atoms with Gasteiger partial charge in [0.2, 0.25) is 0 Å². The Morgan fingerprint density at radius 3 is 2.67 bits per heavy atom. The van der Waals surface area contributed by atoms with Crippen LogP contribution in [0.2, 0.25) is 0 Å². The topological polar surface area (TPSA) is 55.2 Å². The molecule has 2 saturated heterocycles. The van der Waals surface area contributed by atoms with Crippen molar-refractivity contribution in [1.82, 2.24) is 15.2 Å². The van der Waals surface area contributed by atoms with E-state index in [2.05, 4.69) is 26.2 Å². The number of piperazine rings is 1. The van der Waals surface area contributed by atoms with Gasteiger partial charge in [-0.1, -0.05) is 0 Å². The average molecular weight is 243 g/mol. The Morgan fingerprint density at radius 2 is 2.06 bits per heavy atom. The minimum absolute atomic E-state index is 0.538. The van der Waals surface area contributed by atoms with Crippen molar-refractivity contribution in [3.05, 3.63) is 24.0 Å². The molecule has 0 bridgehead atoms. The largest absolute Gasteiger partial charge is 0.367 e. The van der Waals surface area contributed by atoms with Gasteiger partial charge >= 0.3 is 0 Å². The molecular formula is C13H17N5. The lowest BCUT2D eigenvalue weighted by Crippen LogP contribution is -2.61. The number of aromatic nitrogens is 1. The first kappa shape index (κ1) is 11.5. The summed E-state index contributed by atoms with van der Waals surface area (Å²) in [6, 6.07) is 6.79. The van der Waals surface area contributed by atoms with Crippen LogP contribution in [0.5, 0.6) is 0 Å². The summed E-state index contributed by atoms with van der Waals surface area (Å²) in [5.41, 5.74) is 1.52. The Labute approximate surface area is 107 Å². The number of nitriles is 1. The highest BCUT2D eigenvalue weighted by Gasteiger charge is 2.28. The van der Waals surface area contributed by atoms with Gasteiger partial charge in [-0.15, -0.1) is 0 Å². The molecule has 3 rings (SSSR count). The summed E-state index contributed by atoms with van der Waals surface area (Å²) in [5.74, 6) is 0. The van der Waals surface area contributed by atoms with Crippen molar-refractivity contribution in [3.63, 3.8) is 0 Å². The molecule has 5 heteroatoms. The monoisotopic (exact) mass is 243 g/mol. The van der Waals surface area contributed by atoms with Gasteiger partial charge in [-0.05, 0) is 12.1 Å². The van der Waals surface area contributed by atoms with Crippen molar-refractivity contribution in [2.45, 2.75) is 6.04 Å². The second-order valence-electron chi connectivity index (χ2n) is 4.82. The van der Waals surface area contributed by atoms with Gasteiger partial charge in [0.05, 0.1) is 5.69 Å². The molecule has 0 amide bonds. The molecule has 0 aliphatic carbocycles. The third kappa shape index (κ3) is 2.05. The molecule has 94 valence electrons. The second kappa shape index (κ2) is 4.92. The minimum Gasteiger partial charge on any atom is -0.367 e. The van der Waals surface area contributed by atoms with Gasteiger partial charge in [0.1, 0.15) is 6.07 Å². The summed E-state index contributed by atoms with van der Waals surface area (Å²) in [5, 5.41) is 12.4. The lowest BCUT2D eigenvalue weighted by atomic mass is 10.1. The van der Waals surface area contributed by atoms with Crippen molar-refractivity contribution in [2.75, 3.05) is 44.2 Å². The minimum atomic E-state index is 0.538. The number of nitrogens with one attached hydrogen (secondary N) is 1. The van der Waals surface area contributed by atoms with Crippen LogP contribution in [-0.2, 0) is 0 Å². The van der Waals surface area contributed by atoms with Crippen LogP contribution in [-0.4, -0.2) is 55.2 Å². The van der Waals surface area contributed by atoms with Gasteiger partial charge in [-0.25, -0.2) is 4.98 Å². The van der Waals surface area contributed by atoms with E-state index in [0.717, 1.165) is 51.0 Å². The summed E-state index contributed by atoms with van der Waals surface area (Å²) < 4.78 is 0. The zero-order valence-electron chi connectivity index (χ0n) is 10.3. The zero-order chi connectivity index (χ0) is 12.4. The van der Waals surface area contributed by atoms with Crippen LogP contribution in [0.1, 0.15) is 5.69 Å². The molecule has 1 aromatic rings. The van der Waals surface area contributed by atoms with E-state index in [-0.39, 0.29) is 0 Å². The van der Waals surface area contributed by atoms with Crippen LogP contribution in [0.25, 0.3) is 0 Å². The highest BCUT2D eigenvalue weighted by Crippen LogP contribution is 2.20. The fraction of sp³-hybridized carbons (Fsp3) is 0.538. The fourth-order valence-corrected chi connectivity index (χ4v) is 2.60. The molecule has 0 radical (unpaired) electrons. The molecule has 0 saturated carbocycles. The van der Waals surface area contributed by atoms with Crippen molar-refractivity contribution >= 4 is 5.69 Å². The molecule has 0 aromatic carbocycles. The van der Waals surface area contributed by atoms with Gasteiger partial charge in [0.25, 0.3) is 0 Å². The van der Waals surface area contributed by atoms with E-state index in [0.29, 0.717) is 5.69 Å². The van der Waals surface area contributed by atoms with Crippen LogP contribution in [0.4, 0.5) is 5.69 Å². The van der Waals surface area contributed by atoms with Crippen LogP contribution in [0.3, 0.4) is 0 Å². The maximum absolute atomic E-state index is 9.08. The smallest absolute Gasteiger partial charge is 0.163 e. The molecule has 3 heterocycles. The number of hydrogen-bond donors (Lipinski definition) is 1. The molecule has 18 heavy (non-hydrogen) atoms. The summed E-state index contributed by atoms with van der Waals surface area (Å²) in [6.45, 7) is 6.36. The lowest BCUT2D eigenvalue weighted by Gasteiger charge is -2.43. The molecule has 0 spiro atoms. The summed E-state index contributed by atoms with van der Waals surface area (Å²) >= 11 is 0. The van der Waals surface area contributed by atoms with Crippen molar-refractivity contribution in [2.24, 2.45) is 0 Å². The molecule has 5 nitrogen and oxygen atoms in total. The zero-order valence-corrected chi connectivity index (χ0v) is 10.3. The van der Waals surface area contributed by atoms with E-state index in [1.807, 2.05) is 12.1 Å². The van der Waals surface area contributed by atoms with E-state index in [1.54, 1.807) is 6.20 Å². The second-order valence-corrected chi connectivity index (χ2v) is 4.82. The van der Waals surface area contributed by atoms with Gasteiger partial charge in [0.15, 0.2) is 5.69 Å². The number of anilines is 1. The first-order valence-electron chi connectivity index (χ1n) is 6.43. The summed E-state index contributed by atoms with van der Waals surface area (Å²) in [7, 11) is 0. The standard InChI is InChI=1S/C13H17N5/c14-8-12-13(2-1-3-16-12)18-6-4-17(5-7-18)11-9-15-10-11/h1-3,11,15H,4-7,9-10H2. The van der Waals surface area contributed by atoms with E-state index >= 15 is 0 Å². The Hall–Kier alpha value is -1.64. The van der Waals surface area contributed by atoms with Crippen molar-refractivity contribution in [3.8, 4) is 6.07 Å². The Kier molecular flexibility index (Phi) is 3.13. The fourth-order valence-electron chi connectivity index (χ4n) is 2.60. The van der Waals surface area contributed by atoms with Crippen molar-refractivity contribution < 1.29 is 0 Å². The SMILES string of the molecule is N#Cc1ncccc1N1CCN(C2CNC2)CC1. The van der Waals surface area contributed by atoms with Crippen LogP contribution >= 0.6 is 0 Å². The molecule has 0 atom stereocenters. The van der Waals surface area contributed by atoms with Crippen LogP contribution in [0, 0.1) is 11.3 Å². The molecular weight excluding hydrogens is 226 g/mol. The Bertz CT molecular complexity index is 455. The van der Waals surface area contributed by atoms with Crippen molar-refractivity contribution in [1.29, 1.82) is 5.26 Å². The van der Waals surface area contributed by atoms with E-state index in [9.17, 15) is 0 Å². The quantitative estimate of drug-likeness (QED) is 0.795. The normalized spacial score (nSPS) is 21.4. The van der Waals surface area contributed by atoms with E-state index in [4.69, 9.17) is 5.26 Å². The lowest BCUT2D eigenvalue weighted by molar-refractivity contribution is 0.138. The summed E-state index contributed by atoms with van der Waals surface area (Å²) in [6.07, 6.45) is 1.68. The van der Waals surface area contributed by atoms with Gasteiger partial charge in [-0.2, -0.15) is 5.26 Å². The predicted molar refractivity (Wildman–Crippen MR) is 69.4 cm³/mol. The highest BCUT2D eigenvalue weighted by molar-refractivity contribution is 5.55. The maximum atomic E-state index is 9.08. The van der Waals surface area contributed by atoms with Gasteiger partial charge < -0.3 is 10.2 Å². The summed E-state index contributed by atoms with van der Waals surface area (Å²) in [4.78, 5) is 8.94. The number of pyridine rings is 1.